The van der Waals surface area contributed by atoms with Gasteiger partial charge in [-0.05, 0) is 18.8 Å². The number of aromatic nitrogens is 2. The van der Waals surface area contributed by atoms with E-state index in [9.17, 15) is 4.79 Å². The molecule has 0 amide bonds. The van der Waals surface area contributed by atoms with Crippen molar-refractivity contribution >= 4 is 5.97 Å². The van der Waals surface area contributed by atoms with E-state index in [-0.39, 0.29) is 11.8 Å². The van der Waals surface area contributed by atoms with Crippen LogP contribution in [0.15, 0.2) is 12.5 Å². The summed E-state index contributed by atoms with van der Waals surface area (Å²) in [6.45, 7) is 0. The predicted molar refractivity (Wildman–Crippen MR) is 50.9 cm³/mol. The first-order valence-corrected chi connectivity index (χ1v) is 5.00. The lowest BCUT2D eigenvalue weighted by molar-refractivity contribution is -0.140. The molecule has 0 radical (unpaired) electrons. The van der Waals surface area contributed by atoms with Gasteiger partial charge in [-0.1, -0.05) is 12.8 Å². The number of carboxylic acids is 1. The summed E-state index contributed by atoms with van der Waals surface area (Å²) in [6, 6.07) is 0. The summed E-state index contributed by atoms with van der Waals surface area (Å²) >= 11 is 0. The molecule has 0 bridgehead atoms. The van der Waals surface area contributed by atoms with Gasteiger partial charge in [0.2, 0.25) is 0 Å². The van der Waals surface area contributed by atoms with Gasteiger partial charge in [0.25, 0.3) is 0 Å². The fourth-order valence-electron chi connectivity index (χ4n) is 2.32. The van der Waals surface area contributed by atoms with Crippen LogP contribution >= 0.6 is 0 Å². The SMILES string of the molecule is O=C(O)C(c1cnc[nH]1)C1CCCC1. The summed E-state index contributed by atoms with van der Waals surface area (Å²) in [5.41, 5.74) is 0.740. The Morgan fingerprint density at radius 1 is 1.57 bits per heavy atom. The third-order valence-corrected chi connectivity index (χ3v) is 2.99. The average Bonchev–Trinajstić information content (AvgIpc) is 2.75. The quantitative estimate of drug-likeness (QED) is 0.770. The number of hydrogen-bond donors (Lipinski definition) is 2. The van der Waals surface area contributed by atoms with E-state index in [1.54, 1.807) is 12.5 Å². The van der Waals surface area contributed by atoms with Gasteiger partial charge in [0.15, 0.2) is 0 Å². The Bertz CT molecular complexity index is 302. The molecule has 4 heteroatoms. The lowest BCUT2D eigenvalue weighted by Crippen LogP contribution is -2.19. The highest BCUT2D eigenvalue weighted by Crippen LogP contribution is 2.36. The number of nitrogens with zero attached hydrogens (tertiary/aromatic N) is 1. The van der Waals surface area contributed by atoms with Gasteiger partial charge in [0.1, 0.15) is 5.92 Å². The second-order valence-corrected chi connectivity index (χ2v) is 3.87. The van der Waals surface area contributed by atoms with Crippen molar-refractivity contribution in [3.8, 4) is 0 Å². The number of nitrogens with one attached hydrogen (secondary N) is 1. The number of H-pyrrole nitrogens is 1. The molecule has 1 heterocycles. The van der Waals surface area contributed by atoms with Crippen LogP contribution in [0, 0.1) is 5.92 Å². The van der Waals surface area contributed by atoms with Crippen LogP contribution in [0.3, 0.4) is 0 Å². The van der Waals surface area contributed by atoms with Gasteiger partial charge < -0.3 is 10.1 Å². The highest BCUT2D eigenvalue weighted by Gasteiger charge is 2.32. The van der Waals surface area contributed by atoms with E-state index in [0.717, 1.165) is 31.4 Å². The minimum atomic E-state index is -0.735. The number of rotatable bonds is 3. The van der Waals surface area contributed by atoms with Crippen LogP contribution in [0.4, 0.5) is 0 Å². The Balaban J connectivity index is 2.19. The maximum absolute atomic E-state index is 11.1. The van der Waals surface area contributed by atoms with E-state index in [1.807, 2.05) is 0 Å². The van der Waals surface area contributed by atoms with Crippen LogP contribution < -0.4 is 0 Å². The molecule has 14 heavy (non-hydrogen) atoms. The Kier molecular flexibility index (Phi) is 2.52. The maximum atomic E-state index is 11.1. The highest BCUT2D eigenvalue weighted by atomic mass is 16.4. The van der Waals surface area contributed by atoms with Crippen molar-refractivity contribution in [2.24, 2.45) is 5.92 Å². The number of aromatic amines is 1. The molecule has 1 unspecified atom stereocenters. The topological polar surface area (TPSA) is 66.0 Å². The molecular formula is C10H14N2O2. The fourth-order valence-corrected chi connectivity index (χ4v) is 2.32. The van der Waals surface area contributed by atoms with Crippen molar-refractivity contribution in [1.29, 1.82) is 0 Å². The van der Waals surface area contributed by atoms with Crippen molar-refractivity contribution in [2.75, 3.05) is 0 Å². The van der Waals surface area contributed by atoms with Gasteiger partial charge in [-0.3, -0.25) is 4.79 Å². The lowest BCUT2D eigenvalue weighted by atomic mass is 9.88. The third-order valence-electron chi connectivity index (χ3n) is 2.99. The maximum Gasteiger partial charge on any atom is 0.312 e. The van der Waals surface area contributed by atoms with Crippen LogP contribution in [0.5, 0.6) is 0 Å². The minimum Gasteiger partial charge on any atom is -0.481 e. The summed E-state index contributed by atoms with van der Waals surface area (Å²) in [5, 5.41) is 9.16. The van der Waals surface area contributed by atoms with E-state index in [4.69, 9.17) is 5.11 Å². The summed E-state index contributed by atoms with van der Waals surface area (Å²) in [5.74, 6) is -0.839. The Morgan fingerprint density at radius 2 is 2.29 bits per heavy atom. The van der Waals surface area contributed by atoms with E-state index in [1.165, 1.54) is 0 Å². The average molecular weight is 194 g/mol. The molecule has 1 aromatic heterocycles. The van der Waals surface area contributed by atoms with Gasteiger partial charge in [-0.25, -0.2) is 4.98 Å². The van der Waals surface area contributed by atoms with Crippen molar-refractivity contribution in [3.05, 3.63) is 18.2 Å². The molecule has 0 aromatic carbocycles. The molecule has 0 spiro atoms. The fraction of sp³-hybridized carbons (Fsp3) is 0.600. The Labute approximate surface area is 82.4 Å². The van der Waals surface area contributed by atoms with E-state index >= 15 is 0 Å². The van der Waals surface area contributed by atoms with Crippen LogP contribution in [0.1, 0.15) is 37.3 Å². The van der Waals surface area contributed by atoms with Crippen molar-refractivity contribution in [3.63, 3.8) is 0 Å². The van der Waals surface area contributed by atoms with E-state index < -0.39 is 5.97 Å². The number of carboxylic acid groups (broad SMARTS) is 1. The number of carbonyl (C=O) groups is 1. The van der Waals surface area contributed by atoms with Gasteiger partial charge in [-0.15, -0.1) is 0 Å². The smallest absolute Gasteiger partial charge is 0.312 e. The highest BCUT2D eigenvalue weighted by molar-refractivity contribution is 5.75. The zero-order valence-corrected chi connectivity index (χ0v) is 7.94. The van der Waals surface area contributed by atoms with Gasteiger partial charge in [0, 0.05) is 11.9 Å². The molecule has 1 atom stereocenters. The van der Waals surface area contributed by atoms with Crippen molar-refractivity contribution < 1.29 is 9.90 Å². The molecule has 1 fully saturated rings. The van der Waals surface area contributed by atoms with E-state index in [0.29, 0.717) is 0 Å². The molecule has 1 aliphatic rings. The molecule has 1 aliphatic carbocycles. The summed E-state index contributed by atoms with van der Waals surface area (Å²) in [4.78, 5) is 17.9. The molecule has 2 rings (SSSR count). The molecule has 1 saturated carbocycles. The Morgan fingerprint density at radius 3 is 2.79 bits per heavy atom. The van der Waals surface area contributed by atoms with Gasteiger partial charge >= 0.3 is 5.97 Å². The molecule has 0 saturated heterocycles. The summed E-state index contributed by atoms with van der Waals surface area (Å²) in [7, 11) is 0. The first-order chi connectivity index (χ1) is 6.79. The normalized spacial score (nSPS) is 19.7. The zero-order chi connectivity index (χ0) is 9.97. The molecular weight excluding hydrogens is 180 g/mol. The van der Waals surface area contributed by atoms with Crippen molar-refractivity contribution in [1.82, 2.24) is 9.97 Å². The Hall–Kier alpha value is -1.32. The largest absolute Gasteiger partial charge is 0.481 e. The molecule has 4 nitrogen and oxygen atoms in total. The van der Waals surface area contributed by atoms with Crippen LogP contribution in [0.2, 0.25) is 0 Å². The standard InChI is InChI=1S/C10H14N2O2/c13-10(14)9(7-3-1-2-4-7)8-5-11-6-12-8/h5-7,9H,1-4H2,(H,11,12)(H,13,14). The monoisotopic (exact) mass is 194 g/mol. The summed E-state index contributed by atoms with van der Waals surface area (Å²) < 4.78 is 0. The molecule has 76 valence electrons. The lowest BCUT2D eigenvalue weighted by Gasteiger charge is -2.17. The second kappa shape index (κ2) is 3.82. The number of aliphatic carboxylic acids is 1. The first-order valence-electron chi connectivity index (χ1n) is 5.00. The van der Waals surface area contributed by atoms with Crippen LogP contribution in [0.25, 0.3) is 0 Å². The van der Waals surface area contributed by atoms with Crippen LogP contribution in [-0.4, -0.2) is 21.0 Å². The van der Waals surface area contributed by atoms with Crippen molar-refractivity contribution in [2.45, 2.75) is 31.6 Å². The predicted octanol–water partition coefficient (Wildman–Crippen LogP) is 1.77. The second-order valence-electron chi connectivity index (χ2n) is 3.87. The first kappa shape index (κ1) is 9.24. The number of hydrogen-bond acceptors (Lipinski definition) is 2. The zero-order valence-electron chi connectivity index (χ0n) is 7.94. The molecule has 1 aromatic rings. The number of imidazole rings is 1. The van der Waals surface area contributed by atoms with Gasteiger partial charge in [0.05, 0.1) is 6.33 Å². The van der Waals surface area contributed by atoms with E-state index in [2.05, 4.69) is 9.97 Å². The minimum absolute atomic E-state index is 0.285. The molecule has 2 N–H and O–H groups in total. The summed E-state index contributed by atoms with van der Waals surface area (Å²) in [6.07, 6.45) is 7.52. The van der Waals surface area contributed by atoms with Crippen LogP contribution in [-0.2, 0) is 4.79 Å². The molecule has 0 aliphatic heterocycles. The third kappa shape index (κ3) is 1.64. The van der Waals surface area contributed by atoms with Gasteiger partial charge in [-0.2, -0.15) is 0 Å².